The Kier molecular flexibility index (Phi) is 16.4. The maximum absolute atomic E-state index is 11.5. The number of anilines is 1. The lowest BCUT2D eigenvalue weighted by molar-refractivity contribution is -0.123. The second-order valence-corrected chi connectivity index (χ2v) is 15.7. The van der Waals surface area contributed by atoms with Crippen molar-refractivity contribution in [3.05, 3.63) is 55.3 Å². The van der Waals surface area contributed by atoms with Crippen LogP contribution in [0.4, 0.5) is 10.5 Å². The van der Waals surface area contributed by atoms with Gasteiger partial charge in [0.15, 0.2) is 0 Å². The van der Waals surface area contributed by atoms with Crippen molar-refractivity contribution in [1.29, 1.82) is 5.26 Å². The Hall–Kier alpha value is -2.62. The summed E-state index contributed by atoms with van der Waals surface area (Å²) in [7, 11) is 1.63. The number of carbonyl (C=O) groups is 1. The molecule has 3 fully saturated rings. The van der Waals surface area contributed by atoms with Gasteiger partial charge >= 0.3 is 6.03 Å². The van der Waals surface area contributed by atoms with Crippen molar-refractivity contribution in [2.24, 2.45) is 51.8 Å². The van der Waals surface area contributed by atoms with Crippen LogP contribution in [0.1, 0.15) is 127 Å². The molecule has 2 amide bonds. The summed E-state index contributed by atoms with van der Waals surface area (Å²) in [5, 5.41) is 20.6. The highest BCUT2D eigenvalue weighted by molar-refractivity contribution is 5.93. The van der Waals surface area contributed by atoms with Crippen molar-refractivity contribution in [1.82, 2.24) is 10.9 Å². The Morgan fingerprint density at radius 3 is 2.40 bits per heavy atom. The number of nitrogens with one attached hydrogen (secondary N) is 2. The first kappa shape index (κ1) is 41.6. The number of urea groups is 1. The van der Waals surface area contributed by atoms with Crippen LogP contribution in [0.5, 0.6) is 0 Å². The molecule has 6 heteroatoms. The van der Waals surface area contributed by atoms with Gasteiger partial charge in [-0.05, 0) is 119 Å². The molecule has 0 bridgehead atoms. The van der Waals surface area contributed by atoms with Gasteiger partial charge < -0.3 is 5.11 Å². The van der Waals surface area contributed by atoms with Crippen LogP contribution in [-0.2, 0) is 0 Å². The number of amides is 2. The first-order chi connectivity index (χ1) is 22.8. The molecule has 9 atom stereocenters. The number of aliphatic hydroxyl groups is 1. The number of nitrogens with zero attached hydrogens (tertiary/aromatic N) is 2. The molecular weight excluding hydrogens is 592 g/mol. The van der Waals surface area contributed by atoms with Crippen molar-refractivity contribution >= 4 is 11.7 Å². The molecule has 3 aliphatic rings. The summed E-state index contributed by atoms with van der Waals surface area (Å²) in [5.41, 5.74) is 6.09. The summed E-state index contributed by atoms with van der Waals surface area (Å²) in [6, 6.07) is 11.5. The van der Waals surface area contributed by atoms with Gasteiger partial charge in [0.1, 0.15) is 0 Å². The molecule has 270 valence electrons. The largest absolute Gasteiger partial charge is 0.393 e. The number of hydrogen-bond acceptors (Lipinski definition) is 4. The van der Waals surface area contributed by atoms with Gasteiger partial charge in [-0.15, -0.1) is 0 Å². The van der Waals surface area contributed by atoms with Crippen molar-refractivity contribution in [2.75, 3.05) is 11.9 Å². The van der Waals surface area contributed by atoms with Crippen LogP contribution in [0.3, 0.4) is 0 Å². The Bertz CT molecular complexity index is 1190. The molecule has 4 rings (SSSR count). The average molecular weight is 663 g/mol. The van der Waals surface area contributed by atoms with E-state index in [1.807, 2.05) is 44.2 Å². The zero-order valence-corrected chi connectivity index (χ0v) is 32.2. The average Bonchev–Trinajstić information content (AvgIpc) is 3.43. The molecule has 0 spiro atoms. The maximum Gasteiger partial charge on any atom is 0.340 e. The van der Waals surface area contributed by atoms with Crippen LogP contribution in [0.25, 0.3) is 0 Å². The monoisotopic (exact) mass is 663 g/mol. The van der Waals surface area contributed by atoms with E-state index in [-0.39, 0.29) is 23.0 Å². The summed E-state index contributed by atoms with van der Waals surface area (Å²) >= 11 is 0. The molecule has 6 nitrogen and oxygen atoms in total. The SMILES string of the molecule is C/C=C\C1CCC[C@H](O)C1(C)C1CCC2(C)C(CCC2[C@H](C)CCCC(C)(C)C#N)C1C.C=CN(C(=O)NNC)c1ccccc1.CC. The van der Waals surface area contributed by atoms with E-state index >= 15 is 0 Å². The molecule has 1 aromatic rings. The van der Waals surface area contributed by atoms with E-state index in [0.29, 0.717) is 23.2 Å². The zero-order valence-electron chi connectivity index (χ0n) is 32.2. The van der Waals surface area contributed by atoms with E-state index in [1.54, 1.807) is 7.05 Å². The van der Waals surface area contributed by atoms with E-state index in [2.05, 4.69) is 84.1 Å². The fourth-order valence-electron chi connectivity index (χ4n) is 9.99. The molecule has 1 aromatic carbocycles. The number of nitriles is 1. The van der Waals surface area contributed by atoms with Crippen molar-refractivity contribution in [3.8, 4) is 6.07 Å². The lowest BCUT2D eigenvalue weighted by Crippen LogP contribution is -2.54. The minimum absolute atomic E-state index is 0.0259. The second kappa shape index (κ2) is 19.0. The number of hydrazine groups is 1. The number of allylic oxidation sites excluding steroid dienone is 2. The Morgan fingerprint density at radius 2 is 1.81 bits per heavy atom. The standard InChI is InChI=1S/C30H51NO.C10H13N3O.C2H6/c1-8-11-23-13-9-14-27(32)30(23,7)26-17-19-29(6)24(15-16-25(29)22(26)3)21(2)12-10-18-28(4,5)20-31;1-3-13(10(14)12-11-2)9-7-5-4-6-8-9;1-2/h8,11,21-27,32H,9-10,12-19H2,1-7H3;3-8,11H,1H2,2H3,(H,12,14);1-2H3/b11-8-;;/t21-,22?,23?,24?,25?,26?,27+,29?,30?;;/m1../s1. The smallest absolute Gasteiger partial charge is 0.340 e. The van der Waals surface area contributed by atoms with E-state index in [1.165, 1.54) is 56.0 Å². The highest BCUT2D eigenvalue weighted by Crippen LogP contribution is 2.65. The molecule has 48 heavy (non-hydrogen) atoms. The van der Waals surface area contributed by atoms with Gasteiger partial charge in [-0.1, -0.05) is 97.7 Å². The van der Waals surface area contributed by atoms with E-state index < -0.39 is 0 Å². The summed E-state index contributed by atoms with van der Waals surface area (Å²) in [6.45, 7) is 23.9. The second-order valence-electron chi connectivity index (χ2n) is 15.7. The maximum atomic E-state index is 11.5. The highest BCUT2D eigenvalue weighted by Gasteiger charge is 2.58. The summed E-state index contributed by atoms with van der Waals surface area (Å²) in [6.07, 6.45) is 18.1. The molecular formula is C42H70N4O2. The van der Waals surface area contributed by atoms with Crippen LogP contribution in [-0.4, -0.2) is 24.3 Å². The molecule has 0 heterocycles. The van der Waals surface area contributed by atoms with Gasteiger partial charge in [0.25, 0.3) is 0 Å². The Balaban J connectivity index is 0.000000418. The molecule has 0 aliphatic heterocycles. The molecule has 7 unspecified atom stereocenters. The molecule has 0 aromatic heterocycles. The Morgan fingerprint density at radius 1 is 1.15 bits per heavy atom. The van der Waals surface area contributed by atoms with Crippen LogP contribution in [0, 0.1) is 63.1 Å². The summed E-state index contributed by atoms with van der Waals surface area (Å²) in [4.78, 5) is 12.9. The molecule has 3 saturated carbocycles. The van der Waals surface area contributed by atoms with Crippen LogP contribution in [0.15, 0.2) is 55.3 Å². The topological polar surface area (TPSA) is 88.4 Å². The van der Waals surface area contributed by atoms with Crippen molar-refractivity contribution in [2.45, 2.75) is 133 Å². The number of benzene rings is 1. The molecule has 3 aliphatic carbocycles. The summed E-state index contributed by atoms with van der Waals surface area (Å²) < 4.78 is 0. The third-order valence-electron chi connectivity index (χ3n) is 12.6. The number of aliphatic hydroxyl groups excluding tert-OH is 1. The van der Waals surface area contributed by atoms with E-state index in [4.69, 9.17) is 0 Å². The van der Waals surface area contributed by atoms with Gasteiger partial charge in [0, 0.05) is 18.7 Å². The van der Waals surface area contributed by atoms with Crippen LogP contribution in [0.2, 0.25) is 0 Å². The van der Waals surface area contributed by atoms with Crippen LogP contribution < -0.4 is 15.8 Å². The van der Waals surface area contributed by atoms with Crippen LogP contribution >= 0.6 is 0 Å². The lowest BCUT2D eigenvalue weighted by atomic mass is 9.48. The fourth-order valence-corrected chi connectivity index (χ4v) is 9.99. The van der Waals surface area contributed by atoms with Gasteiger partial charge in [-0.3, -0.25) is 10.3 Å². The number of hydrogen-bond donors (Lipinski definition) is 3. The third-order valence-corrected chi connectivity index (χ3v) is 12.6. The number of para-hydroxylation sites is 1. The first-order valence-corrected chi connectivity index (χ1v) is 19.0. The van der Waals surface area contributed by atoms with Gasteiger partial charge in [-0.25, -0.2) is 10.2 Å². The van der Waals surface area contributed by atoms with E-state index in [0.717, 1.165) is 42.7 Å². The highest BCUT2D eigenvalue weighted by atomic mass is 16.3. The van der Waals surface area contributed by atoms with Gasteiger partial charge in [-0.2, -0.15) is 5.26 Å². The molecule has 0 radical (unpaired) electrons. The van der Waals surface area contributed by atoms with Gasteiger partial charge in [0.05, 0.1) is 23.3 Å². The number of carbonyl (C=O) groups excluding carboxylic acids is 1. The zero-order chi connectivity index (χ0) is 36.1. The minimum atomic E-state index is -0.270. The predicted molar refractivity (Wildman–Crippen MR) is 203 cm³/mol. The lowest BCUT2D eigenvalue weighted by Gasteiger charge is -2.57. The summed E-state index contributed by atoms with van der Waals surface area (Å²) in [5.74, 6) is 4.19. The number of fused-ring (bicyclic) bond motifs is 1. The van der Waals surface area contributed by atoms with Gasteiger partial charge in [0.2, 0.25) is 0 Å². The third kappa shape index (κ3) is 9.54. The van der Waals surface area contributed by atoms with Crippen molar-refractivity contribution in [3.63, 3.8) is 0 Å². The van der Waals surface area contributed by atoms with Crippen molar-refractivity contribution < 1.29 is 9.90 Å². The number of rotatable bonds is 10. The molecule has 0 saturated heterocycles. The quantitative estimate of drug-likeness (QED) is 0.172. The fraction of sp³-hybridized carbons (Fsp3) is 0.714. The Labute approximate surface area is 294 Å². The normalized spacial score (nSPS) is 32.0. The molecule has 3 N–H and O–H groups in total. The predicted octanol–water partition coefficient (Wildman–Crippen LogP) is 10.7. The van der Waals surface area contributed by atoms with E-state index in [9.17, 15) is 15.2 Å². The first-order valence-electron chi connectivity index (χ1n) is 19.0. The minimum Gasteiger partial charge on any atom is -0.393 e.